The lowest BCUT2D eigenvalue weighted by Gasteiger charge is -2.37. The number of ether oxygens (including phenoxy) is 3. The molecule has 8 nitrogen and oxygen atoms in total. The molecular weight excluding hydrogens is 516 g/mol. The fraction of sp³-hybridized carbons (Fsp3) is 0.485. The van der Waals surface area contributed by atoms with E-state index in [1.165, 1.54) is 27.8 Å². The number of ketones is 1. The summed E-state index contributed by atoms with van der Waals surface area (Å²) in [6.45, 7) is 13.0. The lowest BCUT2D eigenvalue weighted by Crippen LogP contribution is -2.48. The van der Waals surface area contributed by atoms with Gasteiger partial charge in [-0.2, -0.15) is 0 Å². The molecule has 2 aliphatic rings. The van der Waals surface area contributed by atoms with Crippen molar-refractivity contribution in [2.24, 2.45) is 0 Å². The Morgan fingerprint density at radius 2 is 1.68 bits per heavy atom. The number of anilines is 1. The Labute approximate surface area is 243 Å². The Kier molecular flexibility index (Phi) is 9.98. The highest BCUT2D eigenvalue weighted by atomic mass is 16.5. The summed E-state index contributed by atoms with van der Waals surface area (Å²) in [5, 5.41) is 0. The van der Waals surface area contributed by atoms with Gasteiger partial charge in [-0.1, -0.05) is 36.8 Å². The third kappa shape index (κ3) is 7.70. The van der Waals surface area contributed by atoms with Crippen LogP contribution in [0.3, 0.4) is 0 Å². The number of hydrogen-bond donors (Lipinski definition) is 0. The molecule has 218 valence electrons. The van der Waals surface area contributed by atoms with E-state index in [9.17, 15) is 4.79 Å². The number of hydrogen-bond acceptors (Lipinski definition) is 8. The SMILES string of the molecule is CCC(=O)COCCOCCN1CCN(c2nc(C)nc3c2CCc2cc(OCc4ccc(C)cc4)ccc2-3)CC1. The molecule has 0 N–H and O–H groups in total. The van der Waals surface area contributed by atoms with E-state index in [1.807, 2.05) is 13.8 Å². The standard InChI is InChI=1S/C33H42N4O4/c1-4-28(38)23-40-20-19-39-18-17-36-13-15-37(16-14-36)33-31-11-9-27-21-29(41-22-26-7-5-24(2)6-8-26)10-12-30(27)32(31)34-25(3)35-33/h5-8,10,12,21H,4,9,11,13-20,22-23H2,1-3H3. The highest BCUT2D eigenvalue weighted by molar-refractivity contribution is 5.79. The molecule has 5 rings (SSSR count). The van der Waals surface area contributed by atoms with Gasteiger partial charge in [0.2, 0.25) is 0 Å². The van der Waals surface area contributed by atoms with Gasteiger partial charge >= 0.3 is 0 Å². The van der Waals surface area contributed by atoms with Gasteiger partial charge < -0.3 is 19.1 Å². The van der Waals surface area contributed by atoms with Crippen LogP contribution in [0.15, 0.2) is 42.5 Å². The molecule has 0 spiro atoms. The van der Waals surface area contributed by atoms with Crippen molar-refractivity contribution in [2.75, 3.05) is 64.1 Å². The van der Waals surface area contributed by atoms with Crippen LogP contribution in [0.5, 0.6) is 5.75 Å². The number of piperazine rings is 1. The largest absolute Gasteiger partial charge is 0.489 e. The van der Waals surface area contributed by atoms with Crippen LogP contribution in [0.25, 0.3) is 11.3 Å². The molecule has 2 heterocycles. The monoisotopic (exact) mass is 558 g/mol. The number of nitrogens with zero attached hydrogens (tertiary/aromatic N) is 4. The van der Waals surface area contributed by atoms with Crippen LogP contribution in [0.4, 0.5) is 5.82 Å². The number of carbonyl (C=O) groups excluding carboxylic acids is 1. The van der Waals surface area contributed by atoms with Gasteiger partial charge in [-0.05, 0) is 56.0 Å². The lowest BCUT2D eigenvalue weighted by atomic mass is 9.88. The topological polar surface area (TPSA) is 77.0 Å². The molecule has 0 radical (unpaired) electrons. The van der Waals surface area contributed by atoms with E-state index in [4.69, 9.17) is 24.2 Å². The third-order valence-electron chi connectivity index (χ3n) is 7.85. The Morgan fingerprint density at radius 1 is 0.902 bits per heavy atom. The number of fused-ring (bicyclic) bond motifs is 3. The van der Waals surface area contributed by atoms with E-state index >= 15 is 0 Å². The molecule has 0 saturated carbocycles. The summed E-state index contributed by atoms with van der Waals surface area (Å²) >= 11 is 0. The van der Waals surface area contributed by atoms with E-state index in [1.54, 1.807) is 0 Å². The molecule has 1 aliphatic heterocycles. The Morgan fingerprint density at radius 3 is 2.46 bits per heavy atom. The van der Waals surface area contributed by atoms with E-state index in [-0.39, 0.29) is 12.4 Å². The van der Waals surface area contributed by atoms with Crippen molar-refractivity contribution in [1.82, 2.24) is 14.9 Å². The highest BCUT2D eigenvalue weighted by Gasteiger charge is 2.27. The molecule has 8 heteroatoms. The highest BCUT2D eigenvalue weighted by Crippen LogP contribution is 2.38. The molecule has 3 aromatic rings. The van der Waals surface area contributed by atoms with Crippen LogP contribution in [0.2, 0.25) is 0 Å². The second kappa shape index (κ2) is 14.0. The van der Waals surface area contributed by atoms with Crippen molar-refractivity contribution in [1.29, 1.82) is 0 Å². The minimum Gasteiger partial charge on any atom is -0.489 e. The van der Waals surface area contributed by atoms with Crippen LogP contribution in [0, 0.1) is 13.8 Å². The minimum atomic E-state index is 0.125. The average Bonchev–Trinajstić information content (AvgIpc) is 2.99. The molecule has 41 heavy (non-hydrogen) atoms. The summed E-state index contributed by atoms with van der Waals surface area (Å²) in [7, 11) is 0. The third-order valence-corrected chi connectivity index (χ3v) is 7.85. The lowest BCUT2D eigenvalue weighted by molar-refractivity contribution is -0.123. The maximum atomic E-state index is 11.3. The van der Waals surface area contributed by atoms with Gasteiger partial charge in [0, 0.05) is 50.3 Å². The number of Topliss-reactive ketones (excluding diaryl/α,β-unsaturated/α-hetero) is 1. The van der Waals surface area contributed by atoms with Gasteiger partial charge in [-0.25, -0.2) is 9.97 Å². The smallest absolute Gasteiger partial charge is 0.158 e. The molecule has 1 fully saturated rings. The van der Waals surface area contributed by atoms with Crippen molar-refractivity contribution in [3.63, 3.8) is 0 Å². The molecule has 1 aromatic heterocycles. The first kappa shape index (κ1) is 29.2. The number of aromatic nitrogens is 2. The fourth-order valence-electron chi connectivity index (χ4n) is 5.39. The molecular formula is C33H42N4O4. The van der Waals surface area contributed by atoms with E-state index < -0.39 is 0 Å². The van der Waals surface area contributed by atoms with E-state index in [0.717, 1.165) is 68.7 Å². The zero-order valence-corrected chi connectivity index (χ0v) is 24.7. The zero-order chi connectivity index (χ0) is 28.6. The van der Waals surface area contributed by atoms with Crippen molar-refractivity contribution in [3.8, 4) is 17.0 Å². The molecule has 1 saturated heterocycles. The number of carbonyl (C=O) groups is 1. The average molecular weight is 559 g/mol. The first-order valence-corrected chi connectivity index (χ1v) is 14.8. The van der Waals surface area contributed by atoms with Gasteiger partial charge in [0.25, 0.3) is 0 Å². The predicted octanol–water partition coefficient (Wildman–Crippen LogP) is 4.57. The van der Waals surface area contributed by atoms with Crippen molar-refractivity contribution >= 4 is 11.6 Å². The summed E-state index contributed by atoms with van der Waals surface area (Å²) in [5.41, 5.74) is 7.23. The molecule has 2 aromatic carbocycles. The Hall–Kier alpha value is -3.33. The van der Waals surface area contributed by atoms with Gasteiger partial charge in [0.1, 0.15) is 30.6 Å². The summed E-state index contributed by atoms with van der Waals surface area (Å²) in [4.78, 5) is 26.0. The molecule has 0 bridgehead atoms. The normalized spacial score (nSPS) is 15.0. The van der Waals surface area contributed by atoms with E-state index in [0.29, 0.717) is 32.8 Å². The minimum absolute atomic E-state index is 0.125. The Balaban J connectivity index is 1.15. The van der Waals surface area contributed by atoms with Crippen molar-refractivity contribution in [2.45, 2.75) is 46.6 Å². The maximum Gasteiger partial charge on any atom is 0.158 e. The van der Waals surface area contributed by atoms with Gasteiger partial charge in [0.15, 0.2) is 5.78 Å². The first-order valence-electron chi connectivity index (χ1n) is 14.8. The van der Waals surface area contributed by atoms with Gasteiger partial charge in [-0.3, -0.25) is 9.69 Å². The van der Waals surface area contributed by atoms with Crippen molar-refractivity contribution < 1.29 is 19.0 Å². The van der Waals surface area contributed by atoms with Crippen LogP contribution in [0.1, 0.15) is 41.4 Å². The second-order valence-electron chi connectivity index (χ2n) is 10.9. The fourth-order valence-corrected chi connectivity index (χ4v) is 5.39. The molecule has 0 atom stereocenters. The molecule has 1 aliphatic carbocycles. The molecule has 0 unspecified atom stereocenters. The summed E-state index contributed by atoms with van der Waals surface area (Å²) in [6, 6.07) is 14.9. The van der Waals surface area contributed by atoms with Crippen LogP contribution in [-0.2, 0) is 33.7 Å². The first-order chi connectivity index (χ1) is 20.0. The van der Waals surface area contributed by atoms with Crippen LogP contribution in [-0.4, -0.2) is 79.8 Å². The van der Waals surface area contributed by atoms with Crippen molar-refractivity contribution in [3.05, 3.63) is 70.5 Å². The second-order valence-corrected chi connectivity index (χ2v) is 10.9. The summed E-state index contributed by atoms with van der Waals surface area (Å²) < 4.78 is 17.2. The summed E-state index contributed by atoms with van der Waals surface area (Å²) in [5.74, 6) is 2.93. The van der Waals surface area contributed by atoms with Gasteiger partial charge in [-0.15, -0.1) is 0 Å². The van der Waals surface area contributed by atoms with E-state index in [2.05, 4.69) is 59.2 Å². The van der Waals surface area contributed by atoms with Crippen LogP contribution < -0.4 is 9.64 Å². The summed E-state index contributed by atoms with van der Waals surface area (Å²) in [6.07, 6.45) is 2.40. The van der Waals surface area contributed by atoms with Gasteiger partial charge in [0.05, 0.1) is 25.5 Å². The van der Waals surface area contributed by atoms with Crippen LogP contribution >= 0.6 is 0 Å². The number of benzene rings is 2. The quantitative estimate of drug-likeness (QED) is 0.283. The maximum absolute atomic E-state index is 11.3. The number of aryl methyl sites for hydroxylation is 3. The number of rotatable bonds is 13. The zero-order valence-electron chi connectivity index (χ0n) is 24.7. The predicted molar refractivity (Wildman–Crippen MR) is 161 cm³/mol. The molecule has 0 amide bonds. The Bertz CT molecular complexity index is 1320.